The number of hydrogen-bond acceptors (Lipinski definition) is 10. The van der Waals surface area contributed by atoms with Gasteiger partial charge in [-0.05, 0) is 31.9 Å². The molecule has 2 aromatic rings. The predicted octanol–water partition coefficient (Wildman–Crippen LogP) is 15.0. The van der Waals surface area contributed by atoms with Crippen LogP contribution in [0.1, 0.15) is 281 Å². The summed E-state index contributed by atoms with van der Waals surface area (Å²) in [5, 5.41) is 9.98. The molecule has 13 heteroatoms. The third-order valence-electron chi connectivity index (χ3n) is 14.6. The Balaban J connectivity index is 1.54. The number of ketones is 1. The Morgan fingerprint density at radius 3 is 1.42 bits per heavy atom. The number of alkyl halides is 1. The molecule has 0 bridgehead atoms. The molecule has 0 spiro atoms. The van der Waals surface area contributed by atoms with Gasteiger partial charge in [-0.2, -0.15) is 4.57 Å². The second-order valence-electron chi connectivity index (χ2n) is 21.2. The molecule has 1 unspecified atom stereocenters. The van der Waals surface area contributed by atoms with Crippen molar-refractivity contribution < 1.29 is 42.8 Å². The maximum atomic E-state index is 16.0. The monoisotopic (exact) mass is 1040 g/mol. The fourth-order valence-electron chi connectivity index (χ4n) is 10.00. The van der Waals surface area contributed by atoms with Crippen molar-refractivity contribution >= 4 is 17.7 Å². The fourth-order valence-corrected chi connectivity index (χ4v) is 10.00. The van der Waals surface area contributed by atoms with Crippen LogP contribution in [-0.4, -0.2) is 70.1 Å². The van der Waals surface area contributed by atoms with Crippen molar-refractivity contribution in [1.29, 1.82) is 0 Å². The molecule has 4 atom stereocenters. The standard InChI is InChI=1S/C61H101FN2O10/c1-4-6-8-10-12-14-16-18-20-22-24-26-28-30-32-34-36-38-47-71-52-42-40-41-51(57(52)72-48-39-37-35-33-31-29-27-25-23-21-19-17-15-13-11-9-7-5-2)59(69)64-54(67)45-46-63(61(64)70)60-56(62)58(53(49-65)73-60)74-55(68)44-43-50(3)66/h40-42,45-46,53,56,58,60,65H,4-39,43-44,47-49H2,1-3H3/t53-,56+,58?,60-/m1/s1. The quantitative estimate of drug-likeness (QED) is 0.0501. The van der Waals surface area contributed by atoms with Gasteiger partial charge in [0.05, 0.1) is 31.8 Å². The average molecular weight is 1040 g/mol. The molecule has 0 amide bonds. The molecule has 1 saturated heterocycles. The van der Waals surface area contributed by atoms with Crippen molar-refractivity contribution in [1.82, 2.24) is 9.13 Å². The number of aliphatic hydroxyl groups is 1. The van der Waals surface area contributed by atoms with Gasteiger partial charge in [0.1, 0.15) is 11.9 Å². The number of halogens is 1. The van der Waals surface area contributed by atoms with E-state index < -0.39 is 54.3 Å². The first-order valence-corrected chi connectivity index (χ1v) is 30.0. The number of ether oxygens (including phenoxy) is 4. The Labute approximate surface area is 445 Å². The highest BCUT2D eigenvalue weighted by Gasteiger charge is 2.49. The van der Waals surface area contributed by atoms with Crippen LogP contribution in [0.4, 0.5) is 4.39 Å². The maximum absolute atomic E-state index is 16.0. The molecule has 0 radical (unpaired) electrons. The Hall–Kier alpha value is -3.84. The number of Topliss-reactive ketones (excluding diaryl/α,β-unsaturated/α-hetero) is 1. The summed E-state index contributed by atoms with van der Waals surface area (Å²) in [4.78, 5) is 65.6. The van der Waals surface area contributed by atoms with E-state index >= 15 is 4.39 Å². The Bertz CT molecular complexity index is 1920. The third kappa shape index (κ3) is 26.3. The zero-order valence-corrected chi connectivity index (χ0v) is 46.6. The van der Waals surface area contributed by atoms with E-state index in [1.165, 1.54) is 199 Å². The van der Waals surface area contributed by atoms with Crippen molar-refractivity contribution in [3.8, 4) is 11.5 Å². The number of aliphatic hydroxyl groups excluding tert-OH is 1. The second kappa shape index (κ2) is 41.3. The first-order chi connectivity index (χ1) is 36.1. The lowest BCUT2D eigenvalue weighted by atomic mass is 10.0. The molecule has 0 aliphatic carbocycles. The molecule has 74 heavy (non-hydrogen) atoms. The summed E-state index contributed by atoms with van der Waals surface area (Å²) >= 11 is 0. The van der Waals surface area contributed by atoms with E-state index in [9.17, 15) is 29.1 Å². The number of benzene rings is 1. The first-order valence-electron chi connectivity index (χ1n) is 30.0. The Morgan fingerprint density at radius 1 is 0.581 bits per heavy atom. The van der Waals surface area contributed by atoms with Crippen LogP contribution in [0.5, 0.6) is 11.5 Å². The predicted molar refractivity (Wildman–Crippen MR) is 295 cm³/mol. The topological polar surface area (TPSA) is 152 Å². The molecule has 1 N–H and O–H groups in total. The number of unbranched alkanes of at least 4 members (excludes halogenated alkanes) is 34. The van der Waals surface area contributed by atoms with Gasteiger partial charge in [-0.1, -0.05) is 238 Å². The second-order valence-corrected chi connectivity index (χ2v) is 21.2. The van der Waals surface area contributed by atoms with Crippen LogP contribution in [0.2, 0.25) is 0 Å². The summed E-state index contributed by atoms with van der Waals surface area (Å²) in [7, 11) is 0. The van der Waals surface area contributed by atoms with Crippen molar-refractivity contribution in [3.63, 3.8) is 0 Å². The molecule has 1 aliphatic rings. The number of esters is 1. The summed E-state index contributed by atoms with van der Waals surface area (Å²) in [5.41, 5.74) is -2.19. The largest absolute Gasteiger partial charge is 0.490 e. The van der Waals surface area contributed by atoms with Crippen molar-refractivity contribution in [2.24, 2.45) is 0 Å². The van der Waals surface area contributed by atoms with E-state index in [0.717, 1.165) is 61.8 Å². The Kier molecular flexibility index (Phi) is 36.0. The van der Waals surface area contributed by atoms with Crippen LogP contribution in [0.3, 0.4) is 0 Å². The molecule has 1 aromatic carbocycles. The zero-order valence-electron chi connectivity index (χ0n) is 46.6. The van der Waals surface area contributed by atoms with Crippen molar-refractivity contribution in [2.45, 2.75) is 289 Å². The molecule has 3 rings (SSSR count). The highest BCUT2D eigenvalue weighted by Crippen LogP contribution is 2.35. The first kappa shape index (κ1) is 64.4. The van der Waals surface area contributed by atoms with Gasteiger partial charge in [-0.15, -0.1) is 0 Å². The maximum Gasteiger partial charge on any atom is 0.340 e. The molecule has 12 nitrogen and oxygen atoms in total. The van der Waals surface area contributed by atoms with Crippen LogP contribution >= 0.6 is 0 Å². The molecule has 422 valence electrons. The molecular formula is C61H101FN2O10. The molecular weight excluding hydrogens is 940 g/mol. The summed E-state index contributed by atoms with van der Waals surface area (Å²) in [6.45, 7) is 5.78. The summed E-state index contributed by atoms with van der Waals surface area (Å²) in [6.07, 6.45) is 39.3. The molecule has 2 heterocycles. The van der Waals surface area contributed by atoms with Crippen molar-refractivity contribution in [2.75, 3.05) is 19.8 Å². The van der Waals surface area contributed by atoms with Crippen LogP contribution in [0, 0.1) is 0 Å². The van der Waals surface area contributed by atoms with Gasteiger partial charge in [0.15, 0.2) is 30.0 Å². The number of carbonyl (C=O) groups is 3. The molecule has 1 fully saturated rings. The lowest BCUT2D eigenvalue weighted by Crippen LogP contribution is -2.45. The van der Waals surface area contributed by atoms with Crippen molar-refractivity contribution in [3.05, 3.63) is 56.9 Å². The number of aromatic nitrogens is 2. The fraction of sp³-hybridized carbons (Fsp3) is 0.787. The highest BCUT2D eigenvalue weighted by molar-refractivity contribution is 5.99. The smallest absolute Gasteiger partial charge is 0.340 e. The summed E-state index contributed by atoms with van der Waals surface area (Å²) in [5.74, 6) is -1.65. The number of nitrogens with zero attached hydrogens (tertiary/aromatic N) is 2. The van der Waals surface area contributed by atoms with E-state index in [-0.39, 0.29) is 29.9 Å². The number of para-hydroxylation sites is 1. The van der Waals surface area contributed by atoms with Gasteiger partial charge in [0, 0.05) is 18.7 Å². The lowest BCUT2D eigenvalue weighted by molar-refractivity contribution is -0.155. The molecule has 1 aromatic heterocycles. The van der Waals surface area contributed by atoms with E-state index in [0.29, 0.717) is 23.5 Å². The minimum Gasteiger partial charge on any atom is -0.490 e. The number of hydrogen-bond donors (Lipinski definition) is 1. The van der Waals surface area contributed by atoms with Gasteiger partial charge in [-0.25, -0.2) is 9.18 Å². The van der Waals surface area contributed by atoms with Gasteiger partial charge < -0.3 is 28.8 Å². The normalized spacial score (nSPS) is 16.4. The van der Waals surface area contributed by atoms with Crippen LogP contribution in [0.25, 0.3) is 0 Å². The minimum absolute atomic E-state index is 0.0608. The van der Waals surface area contributed by atoms with Crippen LogP contribution in [-0.2, 0) is 19.1 Å². The van der Waals surface area contributed by atoms with E-state index in [1.807, 2.05) is 0 Å². The summed E-state index contributed by atoms with van der Waals surface area (Å²) in [6, 6.07) is 5.76. The van der Waals surface area contributed by atoms with Gasteiger partial charge in [0.25, 0.3) is 11.5 Å². The zero-order chi connectivity index (χ0) is 53.4. The van der Waals surface area contributed by atoms with Crippen LogP contribution in [0.15, 0.2) is 40.1 Å². The average Bonchev–Trinajstić information content (AvgIpc) is 3.70. The lowest BCUT2D eigenvalue weighted by Gasteiger charge is -2.19. The molecule has 1 aliphatic heterocycles. The van der Waals surface area contributed by atoms with E-state index in [1.54, 1.807) is 12.1 Å². The molecule has 0 saturated carbocycles. The van der Waals surface area contributed by atoms with Gasteiger partial charge in [0.2, 0.25) is 0 Å². The minimum atomic E-state index is -2.16. The number of carbonyl (C=O) groups excluding carboxylic acids is 3. The Morgan fingerprint density at radius 2 is 1.00 bits per heavy atom. The van der Waals surface area contributed by atoms with E-state index in [4.69, 9.17) is 18.9 Å². The third-order valence-corrected chi connectivity index (χ3v) is 14.6. The SMILES string of the molecule is CCCCCCCCCCCCCCCCCCCCOc1cccc(C(=O)n2c(=O)ccn([C@@H]3O[C@H](CO)C(OC(=O)CCC(C)=O)[C@@H]3F)c2=O)c1OCCCCCCCCCCCCCCCCCCCC. The van der Waals surface area contributed by atoms with Crippen LogP contribution < -0.4 is 20.7 Å². The van der Waals surface area contributed by atoms with Gasteiger partial charge in [-0.3, -0.25) is 19.0 Å². The summed E-state index contributed by atoms with van der Waals surface area (Å²) < 4.78 is 40.6. The number of rotatable bonds is 47. The highest BCUT2D eigenvalue weighted by atomic mass is 19.1. The van der Waals surface area contributed by atoms with Gasteiger partial charge >= 0.3 is 11.7 Å². The van der Waals surface area contributed by atoms with E-state index in [2.05, 4.69) is 13.8 Å².